The van der Waals surface area contributed by atoms with Gasteiger partial charge in [0, 0.05) is 25.1 Å². The second-order valence-electron chi connectivity index (χ2n) is 10.9. The molecule has 0 aliphatic heterocycles. The number of hydrogen-bond acceptors (Lipinski definition) is 5. The van der Waals surface area contributed by atoms with Crippen LogP contribution in [-0.2, 0) is 32.6 Å². The fraction of sp³-hybridized carbons (Fsp3) is 0.257. The number of sulfonamides is 1. The zero-order valence-electron chi connectivity index (χ0n) is 25.5. The van der Waals surface area contributed by atoms with Gasteiger partial charge >= 0.3 is 0 Å². The van der Waals surface area contributed by atoms with Crippen LogP contribution in [-0.4, -0.2) is 50.9 Å². The first-order valence-corrected chi connectivity index (χ1v) is 15.9. The third-order valence-corrected chi connectivity index (χ3v) is 8.92. The summed E-state index contributed by atoms with van der Waals surface area (Å²) >= 11 is 0. The van der Waals surface area contributed by atoms with Gasteiger partial charge in [-0.2, -0.15) is 0 Å². The molecule has 0 fully saturated rings. The highest BCUT2D eigenvalue weighted by Crippen LogP contribution is 2.28. The standard InChI is InChI=1S/C35H39N3O5S/c1-26(2)36-35(40)33(22-28-12-7-5-8-13-28)37(24-29-14-9-6-10-15-29)34(39)25-38(30-16-11-17-31(23-30)43-4)44(41,42)32-20-18-27(3)19-21-32/h5-21,23,26,33H,22,24-25H2,1-4H3,(H,36,40)/t33-/m0/s1. The maximum Gasteiger partial charge on any atom is 0.264 e. The number of nitrogens with zero attached hydrogens (tertiary/aromatic N) is 2. The molecule has 230 valence electrons. The van der Waals surface area contributed by atoms with Crippen LogP contribution in [0.4, 0.5) is 5.69 Å². The lowest BCUT2D eigenvalue weighted by Crippen LogP contribution is -2.54. The van der Waals surface area contributed by atoms with Crippen LogP contribution in [0.2, 0.25) is 0 Å². The molecule has 4 aromatic rings. The molecule has 0 bridgehead atoms. The quantitative estimate of drug-likeness (QED) is 0.219. The van der Waals surface area contributed by atoms with Crippen molar-refractivity contribution in [1.82, 2.24) is 10.2 Å². The molecule has 0 aromatic heterocycles. The molecule has 1 atom stereocenters. The molecule has 0 spiro atoms. The van der Waals surface area contributed by atoms with Crippen molar-refractivity contribution in [3.63, 3.8) is 0 Å². The van der Waals surface area contributed by atoms with Gasteiger partial charge in [0.25, 0.3) is 10.0 Å². The summed E-state index contributed by atoms with van der Waals surface area (Å²) in [5.74, 6) is -0.395. The number of methoxy groups -OCH3 is 1. The van der Waals surface area contributed by atoms with E-state index in [0.29, 0.717) is 5.75 Å². The maximum atomic E-state index is 14.4. The molecule has 44 heavy (non-hydrogen) atoms. The van der Waals surface area contributed by atoms with E-state index < -0.39 is 28.5 Å². The summed E-state index contributed by atoms with van der Waals surface area (Å²) < 4.78 is 34.7. The lowest BCUT2D eigenvalue weighted by Gasteiger charge is -2.34. The van der Waals surface area contributed by atoms with Gasteiger partial charge in [-0.15, -0.1) is 0 Å². The molecule has 0 saturated heterocycles. The molecule has 0 radical (unpaired) electrons. The Balaban J connectivity index is 1.80. The highest BCUT2D eigenvalue weighted by Gasteiger charge is 2.35. The average molecular weight is 614 g/mol. The Morgan fingerprint density at radius 1 is 0.818 bits per heavy atom. The van der Waals surface area contributed by atoms with Crippen molar-refractivity contribution in [2.45, 2.75) is 50.7 Å². The Kier molecular flexibility index (Phi) is 10.8. The summed E-state index contributed by atoms with van der Waals surface area (Å²) in [5.41, 5.74) is 2.86. The maximum absolute atomic E-state index is 14.4. The second kappa shape index (κ2) is 14.7. The van der Waals surface area contributed by atoms with Crippen molar-refractivity contribution >= 4 is 27.5 Å². The van der Waals surface area contributed by atoms with Crippen LogP contribution in [0.1, 0.15) is 30.5 Å². The third-order valence-electron chi connectivity index (χ3n) is 7.13. The number of benzene rings is 4. The number of ether oxygens (including phenoxy) is 1. The van der Waals surface area contributed by atoms with Crippen molar-refractivity contribution in [2.75, 3.05) is 18.0 Å². The van der Waals surface area contributed by atoms with E-state index in [-0.39, 0.29) is 35.5 Å². The summed E-state index contributed by atoms with van der Waals surface area (Å²) in [6.07, 6.45) is 0.252. The molecule has 1 N–H and O–H groups in total. The largest absolute Gasteiger partial charge is 0.497 e. The molecule has 8 nitrogen and oxygen atoms in total. The van der Waals surface area contributed by atoms with Gasteiger partial charge in [0.1, 0.15) is 18.3 Å². The molecule has 4 rings (SSSR count). The van der Waals surface area contributed by atoms with Gasteiger partial charge in [0.15, 0.2) is 0 Å². The van der Waals surface area contributed by atoms with Gasteiger partial charge in [0.2, 0.25) is 11.8 Å². The fourth-order valence-corrected chi connectivity index (χ4v) is 6.25. The van der Waals surface area contributed by atoms with Crippen molar-refractivity contribution in [3.05, 3.63) is 126 Å². The molecule has 0 saturated carbocycles. The van der Waals surface area contributed by atoms with Crippen molar-refractivity contribution in [1.29, 1.82) is 0 Å². The first-order valence-electron chi connectivity index (χ1n) is 14.5. The molecule has 0 aliphatic rings. The Morgan fingerprint density at radius 2 is 1.43 bits per heavy atom. The Labute approximate surface area is 260 Å². The van der Waals surface area contributed by atoms with Gasteiger partial charge in [-0.25, -0.2) is 8.42 Å². The van der Waals surface area contributed by atoms with E-state index in [9.17, 15) is 18.0 Å². The highest BCUT2D eigenvalue weighted by molar-refractivity contribution is 7.92. The van der Waals surface area contributed by atoms with Crippen LogP contribution >= 0.6 is 0 Å². The van der Waals surface area contributed by atoms with Crippen LogP contribution in [0.15, 0.2) is 114 Å². The van der Waals surface area contributed by atoms with Crippen molar-refractivity contribution < 1.29 is 22.7 Å². The van der Waals surface area contributed by atoms with Gasteiger partial charge in [-0.05, 0) is 56.2 Å². The number of carbonyl (C=O) groups excluding carboxylic acids is 2. The van der Waals surface area contributed by atoms with E-state index in [0.717, 1.165) is 21.0 Å². The SMILES string of the molecule is COc1cccc(N(CC(=O)N(Cc2ccccc2)[C@@H](Cc2ccccc2)C(=O)NC(C)C)S(=O)(=O)c2ccc(C)cc2)c1. The molecule has 2 amide bonds. The Hall–Kier alpha value is -4.63. The van der Waals surface area contributed by atoms with E-state index in [1.165, 1.54) is 24.1 Å². The number of hydrogen-bond donors (Lipinski definition) is 1. The zero-order valence-corrected chi connectivity index (χ0v) is 26.3. The molecule has 0 aliphatic carbocycles. The number of anilines is 1. The van der Waals surface area contributed by atoms with Gasteiger partial charge in [0.05, 0.1) is 17.7 Å². The van der Waals surface area contributed by atoms with Crippen LogP contribution < -0.4 is 14.4 Å². The highest BCUT2D eigenvalue weighted by atomic mass is 32.2. The van der Waals surface area contributed by atoms with Crippen LogP contribution in [0.3, 0.4) is 0 Å². The van der Waals surface area contributed by atoms with Gasteiger partial charge in [-0.1, -0.05) is 84.4 Å². The summed E-state index contributed by atoms with van der Waals surface area (Å²) in [4.78, 5) is 29.7. The first-order chi connectivity index (χ1) is 21.1. The number of carbonyl (C=O) groups is 2. The second-order valence-corrected chi connectivity index (χ2v) is 12.8. The molecular weight excluding hydrogens is 574 g/mol. The summed E-state index contributed by atoms with van der Waals surface area (Å²) in [6.45, 7) is 5.17. The Bertz CT molecular complexity index is 1640. The number of amides is 2. The lowest BCUT2D eigenvalue weighted by molar-refractivity contribution is -0.140. The van der Waals surface area contributed by atoms with Gasteiger partial charge in [-0.3, -0.25) is 13.9 Å². The van der Waals surface area contributed by atoms with Crippen LogP contribution in [0, 0.1) is 6.92 Å². The van der Waals surface area contributed by atoms with E-state index in [4.69, 9.17) is 4.74 Å². The predicted octanol–water partition coefficient (Wildman–Crippen LogP) is 5.36. The zero-order chi connectivity index (χ0) is 31.7. The first kappa shape index (κ1) is 32.3. The minimum Gasteiger partial charge on any atom is -0.497 e. The molecular formula is C35H39N3O5S. The molecule has 9 heteroatoms. The topological polar surface area (TPSA) is 96.0 Å². The minimum atomic E-state index is -4.19. The summed E-state index contributed by atoms with van der Waals surface area (Å²) in [7, 11) is -2.70. The monoisotopic (exact) mass is 613 g/mol. The third kappa shape index (κ3) is 8.26. The van der Waals surface area contributed by atoms with Crippen LogP contribution in [0.5, 0.6) is 5.75 Å². The minimum absolute atomic E-state index is 0.0479. The predicted molar refractivity (Wildman–Crippen MR) is 173 cm³/mol. The van der Waals surface area contributed by atoms with Crippen LogP contribution in [0.25, 0.3) is 0 Å². The van der Waals surface area contributed by atoms with E-state index in [1.54, 1.807) is 36.4 Å². The number of nitrogens with one attached hydrogen (secondary N) is 1. The normalized spacial score (nSPS) is 11.9. The number of aryl methyl sites for hydroxylation is 1. The fourth-order valence-electron chi connectivity index (χ4n) is 4.85. The summed E-state index contributed by atoms with van der Waals surface area (Å²) in [5, 5.41) is 2.96. The number of rotatable bonds is 13. The van der Waals surface area contributed by atoms with Gasteiger partial charge < -0.3 is 15.0 Å². The van der Waals surface area contributed by atoms with Crippen molar-refractivity contribution in [3.8, 4) is 5.75 Å². The molecule has 4 aromatic carbocycles. The van der Waals surface area contributed by atoms with E-state index in [2.05, 4.69) is 5.32 Å². The molecule has 0 heterocycles. The average Bonchev–Trinajstić information content (AvgIpc) is 3.02. The van der Waals surface area contributed by atoms with E-state index >= 15 is 0 Å². The summed E-state index contributed by atoms with van der Waals surface area (Å²) in [6, 6.07) is 30.8. The smallest absolute Gasteiger partial charge is 0.264 e. The molecule has 0 unspecified atom stereocenters. The van der Waals surface area contributed by atoms with E-state index in [1.807, 2.05) is 81.4 Å². The Morgan fingerprint density at radius 3 is 2.02 bits per heavy atom. The lowest BCUT2D eigenvalue weighted by atomic mass is 10.0. The van der Waals surface area contributed by atoms with Crippen molar-refractivity contribution in [2.24, 2.45) is 0 Å².